The van der Waals surface area contributed by atoms with Crippen LogP contribution in [-0.2, 0) is 16.6 Å². The van der Waals surface area contributed by atoms with Gasteiger partial charge in [0.15, 0.2) is 0 Å². The van der Waals surface area contributed by atoms with Crippen LogP contribution in [0.3, 0.4) is 0 Å². The fourth-order valence-electron chi connectivity index (χ4n) is 3.10. The van der Waals surface area contributed by atoms with E-state index in [4.69, 9.17) is 4.74 Å². The highest BCUT2D eigenvalue weighted by atomic mass is 32.2. The van der Waals surface area contributed by atoms with E-state index in [-0.39, 0.29) is 10.8 Å². The van der Waals surface area contributed by atoms with Crippen molar-refractivity contribution in [3.63, 3.8) is 0 Å². The van der Waals surface area contributed by atoms with E-state index in [9.17, 15) is 13.2 Å². The van der Waals surface area contributed by atoms with Crippen molar-refractivity contribution in [1.29, 1.82) is 0 Å². The number of hydrogen-bond acceptors (Lipinski definition) is 5. The molecule has 3 N–H and O–H groups in total. The second-order valence-electron chi connectivity index (χ2n) is 6.77. The lowest BCUT2D eigenvalue weighted by Gasteiger charge is -2.10. The maximum atomic E-state index is 12.8. The highest BCUT2D eigenvalue weighted by molar-refractivity contribution is 7.92. The molecule has 4 aromatic rings. The van der Waals surface area contributed by atoms with Gasteiger partial charge in [0, 0.05) is 24.3 Å². The summed E-state index contributed by atoms with van der Waals surface area (Å²) >= 11 is 0. The molecule has 0 saturated carbocycles. The summed E-state index contributed by atoms with van der Waals surface area (Å²) in [4.78, 5) is 19.6. The van der Waals surface area contributed by atoms with Crippen molar-refractivity contribution in [2.45, 2.75) is 11.4 Å². The molecule has 0 aliphatic rings. The van der Waals surface area contributed by atoms with Crippen LogP contribution < -0.4 is 14.8 Å². The first-order valence-electron chi connectivity index (χ1n) is 9.42. The van der Waals surface area contributed by atoms with Crippen LogP contribution in [0.2, 0.25) is 0 Å². The van der Waals surface area contributed by atoms with Gasteiger partial charge in [-0.15, -0.1) is 0 Å². The van der Waals surface area contributed by atoms with Crippen molar-refractivity contribution < 1.29 is 17.9 Å². The van der Waals surface area contributed by atoms with Gasteiger partial charge in [0.1, 0.15) is 11.4 Å². The number of rotatable bonds is 7. The number of aromatic amines is 1. The number of benzene rings is 2. The number of hydrogen-bond donors (Lipinski definition) is 3. The second kappa shape index (κ2) is 8.49. The number of para-hydroxylation sites is 1. The van der Waals surface area contributed by atoms with Crippen molar-refractivity contribution in [3.05, 3.63) is 84.3 Å². The first kappa shape index (κ1) is 20.4. The Morgan fingerprint density at radius 2 is 1.81 bits per heavy atom. The Bertz CT molecular complexity index is 1320. The molecular weight excluding hydrogens is 416 g/mol. The molecule has 2 aromatic heterocycles. The normalized spacial score (nSPS) is 11.3. The van der Waals surface area contributed by atoms with Crippen molar-refractivity contribution in [2.24, 2.45) is 0 Å². The highest BCUT2D eigenvalue weighted by Crippen LogP contribution is 2.26. The molecule has 4 rings (SSSR count). The van der Waals surface area contributed by atoms with E-state index >= 15 is 0 Å². The van der Waals surface area contributed by atoms with Crippen LogP contribution in [0.4, 0.5) is 5.69 Å². The molecule has 0 bridgehead atoms. The minimum Gasteiger partial charge on any atom is -0.497 e. The fourth-order valence-corrected chi connectivity index (χ4v) is 4.17. The van der Waals surface area contributed by atoms with E-state index in [0.29, 0.717) is 34.6 Å². The first-order chi connectivity index (χ1) is 15.0. The third kappa shape index (κ3) is 4.51. The summed E-state index contributed by atoms with van der Waals surface area (Å²) in [5.74, 6) is 0.268. The maximum absolute atomic E-state index is 12.8. The molecule has 0 saturated heterocycles. The number of nitrogens with one attached hydrogen (secondary N) is 3. The van der Waals surface area contributed by atoms with Crippen LogP contribution >= 0.6 is 0 Å². The summed E-state index contributed by atoms with van der Waals surface area (Å²) < 4.78 is 33.2. The molecule has 158 valence electrons. The van der Waals surface area contributed by atoms with Gasteiger partial charge in [-0.2, -0.15) is 0 Å². The van der Waals surface area contributed by atoms with Gasteiger partial charge >= 0.3 is 0 Å². The second-order valence-corrected chi connectivity index (χ2v) is 8.45. The molecule has 0 aliphatic carbocycles. The molecule has 2 heterocycles. The number of methoxy groups -OCH3 is 1. The number of fused-ring (bicyclic) bond motifs is 1. The summed E-state index contributed by atoms with van der Waals surface area (Å²) in [5.41, 5.74) is 2.13. The number of H-pyrrole nitrogens is 1. The molecule has 8 nitrogen and oxygen atoms in total. The summed E-state index contributed by atoms with van der Waals surface area (Å²) in [6, 6.07) is 16.6. The number of aromatic nitrogens is 2. The molecular formula is C22H20N4O4S. The SMILES string of the molecule is COc1ccc(S(=O)(=O)Nc2cccc3cc(C(=O)NCc4ccncc4)[nH]c23)cc1. The molecule has 31 heavy (non-hydrogen) atoms. The van der Waals surface area contributed by atoms with Crippen molar-refractivity contribution >= 4 is 32.5 Å². The van der Waals surface area contributed by atoms with Gasteiger partial charge in [0.25, 0.3) is 15.9 Å². The number of ether oxygens (including phenoxy) is 1. The van der Waals surface area contributed by atoms with Gasteiger partial charge in [-0.05, 0) is 54.1 Å². The number of sulfonamides is 1. The van der Waals surface area contributed by atoms with E-state index in [1.165, 1.54) is 19.2 Å². The van der Waals surface area contributed by atoms with Gasteiger partial charge in [-0.3, -0.25) is 14.5 Å². The van der Waals surface area contributed by atoms with Gasteiger partial charge in [0.05, 0.1) is 23.2 Å². The molecule has 0 fully saturated rings. The molecule has 0 spiro atoms. The van der Waals surface area contributed by atoms with Gasteiger partial charge in [-0.25, -0.2) is 8.42 Å². The topological polar surface area (TPSA) is 113 Å². The average molecular weight is 436 g/mol. The Hall–Kier alpha value is -3.85. The molecule has 9 heteroatoms. The predicted octanol–water partition coefficient (Wildman–Crippen LogP) is 3.30. The Kier molecular flexibility index (Phi) is 5.59. The van der Waals surface area contributed by atoms with Gasteiger partial charge < -0.3 is 15.0 Å². The molecule has 0 radical (unpaired) electrons. The average Bonchev–Trinajstić information content (AvgIpc) is 3.24. The molecule has 2 aromatic carbocycles. The number of pyridine rings is 1. The van der Waals surface area contributed by atoms with E-state index in [0.717, 1.165) is 5.56 Å². The van der Waals surface area contributed by atoms with Crippen LogP contribution in [0.1, 0.15) is 16.1 Å². The number of nitrogens with zero attached hydrogens (tertiary/aromatic N) is 1. The zero-order valence-electron chi connectivity index (χ0n) is 16.6. The van der Waals surface area contributed by atoms with E-state index in [1.807, 2.05) is 12.1 Å². The molecule has 1 amide bonds. The van der Waals surface area contributed by atoms with Crippen LogP contribution in [0.25, 0.3) is 10.9 Å². The largest absolute Gasteiger partial charge is 0.497 e. The van der Waals surface area contributed by atoms with Crippen LogP contribution in [-0.4, -0.2) is 31.4 Å². The molecule has 0 atom stereocenters. The van der Waals surface area contributed by atoms with E-state index in [2.05, 4.69) is 20.0 Å². The van der Waals surface area contributed by atoms with E-state index < -0.39 is 10.0 Å². The van der Waals surface area contributed by atoms with Gasteiger partial charge in [0.2, 0.25) is 0 Å². The monoisotopic (exact) mass is 436 g/mol. The standard InChI is InChI=1S/C22H20N4O4S/c1-30-17-5-7-18(8-6-17)31(28,29)26-19-4-2-3-16-13-20(25-21(16)19)22(27)24-14-15-9-11-23-12-10-15/h2-13,25-26H,14H2,1H3,(H,24,27). The van der Waals surface area contributed by atoms with Crippen LogP contribution in [0.15, 0.2) is 78.0 Å². The summed E-state index contributed by atoms with van der Waals surface area (Å²) in [6.45, 7) is 0.355. The summed E-state index contributed by atoms with van der Waals surface area (Å²) in [7, 11) is -2.31. The molecule has 0 aliphatic heterocycles. The third-order valence-electron chi connectivity index (χ3n) is 4.72. The lowest BCUT2D eigenvalue weighted by molar-refractivity contribution is 0.0946. The minimum absolute atomic E-state index is 0.104. The van der Waals surface area contributed by atoms with Crippen molar-refractivity contribution in [3.8, 4) is 5.75 Å². The zero-order valence-corrected chi connectivity index (χ0v) is 17.4. The first-order valence-corrected chi connectivity index (χ1v) is 10.9. The van der Waals surface area contributed by atoms with Crippen LogP contribution in [0, 0.1) is 0 Å². The predicted molar refractivity (Wildman–Crippen MR) is 118 cm³/mol. The van der Waals surface area contributed by atoms with Crippen LogP contribution in [0.5, 0.6) is 5.75 Å². The number of carbonyl (C=O) groups excluding carboxylic acids is 1. The number of carbonyl (C=O) groups is 1. The lowest BCUT2D eigenvalue weighted by Crippen LogP contribution is -2.23. The quantitative estimate of drug-likeness (QED) is 0.411. The lowest BCUT2D eigenvalue weighted by atomic mass is 10.2. The van der Waals surface area contributed by atoms with E-state index in [1.54, 1.807) is 48.8 Å². The zero-order chi connectivity index (χ0) is 21.8. The smallest absolute Gasteiger partial charge is 0.267 e. The van der Waals surface area contributed by atoms with Crippen molar-refractivity contribution in [1.82, 2.24) is 15.3 Å². The third-order valence-corrected chi connectivity index (χ3v) is 6.10. The number of anilines is 1. The summed E-state index contributed by atoms with van der Waals surface area (Å²) in [6.07, 6.45) is 3.32. The fraction of sp³-hybridized carbons (Fsp3) is 0.0909. The highest BCUT2D eigenvalue weighted by Gasteiger charge is 2.18. The Balaban J connectivity index is 1.56. The Morgan fingerprint density at radius 3 is 2.52 bits per heavy atom. The maximum Gasteiger partial charge on any atom is 0.267 e. The number of amides is 1. The summed E-state index contributed by atoms with van der Waals surface area (Å²) in [5, 5.41) is 3.54. The van der Waals surface area contributed by atoms with Crippen molar-refractivity contribution in [2.75, 3.05) is 11.8 Å². The van der Waals surface area contributed by atoms with Gasteiger partial charge in [-0.1, -0.05) is 12.1 Å². The Labute approximate surface area is 179 Å². The molecule has 0 unspecified atom stereocenters. The Morgan fingerprint density at radius 1 is 1.06 bits per heavy atom. The minimum atomic E-state index is -3.82.